The number of thiazole rings is 1. The molecule has 2 unspecified atom stereocenters. The van der Waals surface area contributed by atoms with Crippen LogP contribution >= 0.6 is 11.3 Å². The minimum Gasteiger partial charge on any atom is -0.350 e. The van der Waals surface area contributed by atoms with Gasteiger partial charge in [-0.05, 0) is 64.0 Å². The van der Waals surface area contributed by atoms with Crippen molar-refractivity contribution in [2.75, 3.05) is 6.54 Å². The van der Waals surface area contributed by atoms with Crippen LogP contribution in [0.1, 0.15) is 72.6 Å². The highest BCUT2D eigenvalue weighted by Gasteiger charge is 2.29. The third-order valence-corrected chi connectivity index (χ3v) is 7.09. The number of hydrogen-bond donors (Lipinski definition) is 2. The molecule has 188 valence electrons. The number of nitrogens with one attached hydrogen (secondary N) is 2. The third-order valence-electron chi connectivity index (χ3n) is 6.11. The first-order chi connectivity index (χ1) is 15.8. The van der Waals surface area contributed by atoms with Gasteiger partial charge in [0.25, 0.3) is 0 Å². The van der Waals surface area contributed by atoms with E-state index in [-0.39, 0.29) is 17.5 Å². The van der Waals surface area contributed by atoms with E-state index < -0.39 is 0 Å². The molecule has 1 fully saturated rings. The third kappa shape index (κ3) is 8.51. The maximum absolute atomic E-state index is 12.2. The van der Waals surface area contributed by atoms with Gasteiger partial charge in [0.1, 0.15) is 6.04 Å². The summed E-state index contributed by atoms with van der Waals surface area (Å²) in [6, 6.07) is 8.38. The Morgan fingerprint density at radius 3 is 2.32 bits per heavy atom. The Morgan fingerprint density at radius 1 is 1.21 bits per heavy atom. The van der Waals surface area contributed by atoms with Crippen molar-refractivity contribution in [1.82, 2.24) is 20.5 Å². The molecule has 2 atom stereocenters. The van der Waals surface area contributed by atoms with Crippen LogP contribution in [0.25, 0.3) is 10.4 Å². The van der Waals surface area contributed by atoms with Gasteiger partial charge in [-0.25, -0.2) is 4.98 Å². The zero-order valence-electron chi connectivity index (χ0n) is 22.1. The van der Waals surface area contributed by atoms with Crippen LogP contribution in [0.15, 0.2) is 29.8 Å². The quantitative estimate of drug-likeness (QED) is 0.553. The van der Waals surface area contributed by atoms with E-state index >= 15 is 0 Å². The maximum atomic E-state index is 12.2. The smallest absolute Gasteiger partial charge is 0.243 e. The number of nitrogens with zero attached hydrogens (tertiary/aromatic N) is 2. The molecule has 7 heteroatoms. The first-order valence-corrected chi connectivity index (χ1v) is 13.0. The Kier molecular flexibility index (Phi) is 9.83. The summed E-state index contributed by atoms with van der Waals surface area (Å²) in [6.45, 7) is 18.8. The second kappa shape index (κ2) is 11.9. The fourth-order valence-electron chi connectivity index (χ4n) is 3.72. The molecule has 3 rings (SSSR count). The van der Waals surface area contributed by atoms with Crippen LogP contribution in [0, 0.1) is 12.3 Å². The SMILES string of the molecule is CC(NC(C)(C)C)C(C)(C)C.Cc1ncsc1-c1ccc(CNC(=O)C2CCCN2C=O)cc1. The Bertz CT molecular complexity index is 925. The minimum absolute atomic E-state index is 0.0722. The standard InChI is InChI=1S/C17H19N3O2S.C10H23N/c1-12-16(23-10-19-12)14-6-4-13(5-7-14)9-18-17(22)15-3-2-8-20(15)11-21;1-8(9(2,3)4)11-10(5,6)7/h4-7,10-11,15H,2-3,8-9H2,1H3,(H,18,22);8,11H,1-7H3. The second-order valence-corrected chi connectivity index (χ2v) is 12.0. The van der Waals surface area contributed by atoms with Crippen molar-refractivity contribution < 1.29 is 9.59 Å². The van der Waals surface area contributed by atoms with Crippen LogP contribution in [-0.2, 0) is 16.1 Å². The van der Waals surface area contributed by atoms with Crippen LogP contribution in [0.2, 0.25) is 0 Å². The van der Waals surface area contributed by atoms with Gasteiger partial charge in [0.2, 0.25) is 12.3 Å². The molecule has 0 aliphatic carbocycles. The molecule has 2 aromatic rings. The summed E-state index contributed by atoms with van der Waals surface area (Å²) in [5.74, 6) is -0.0722. The van der Waals surface area contributed by atoms with Gasteiger partial charge in [-0.1, -0.05) is 45.0 Å². The Morgan fingerprint density at radius 2 is 1.85 bits per heavy atom. The van der Waals surface area contributed by atoms with E-state index in [2.05, 4.69) is 76.2 Å². The van der Waals surface area contributed by atoms with Gasteiger partial charge in [0.15, 0.2) is 0 Å². The number of rotatable bonds is 6. The summed E-state index contributed by atoms with van der Waals surface area (Å²) < 4.78 is 0. The topological polar surface area (TPSA) is 74.3 Å². The number of carbonyl (C=O) groups excluding carboxylic acids is 2. The molecule has 2 heterocycles. The Balaban J connectivity index is 0.000000316. The van der Waals surface area contributed by atoms with Gasteiger partial charge in [-0.15, -0.1) is 11.3 Å². The highest BCUT2D eigenvalue weighted by molar-refractivity contribution is 7.13. The zero-order chi connectivity index (χ0) is 25.5. The van der Waals surface area contributed by atoms with E-state index in [9.17, 15) is 9.59 Å². The maximum Gasteiger partial charge on any atom is 0.243 e. The zero-order valence-corrected chi connectivity index (χ0v) is 22.9. The molecule has 0 saturated carbocycles. The molecule has 34 heavy (non-hydrogen) atoms. The normalized spacial score (nSPS) is 17.1. The summed E-state index contributed by atoms with van der Waals surface area (Å²) in [4.78, 5) is 30.1. The minimum atomic E-state index is -0.313. The lowest BCUT2D eigenvalue weighted by atomic mass is 9.86. The molecule has 2 amide bonds. The summed E-state index contributed by atoms with van der Waals surface area (Å²) in [5.41, 5.74) is 5.65. The van der Waals surface area contributed by atoms with E-state index in [0.717, 1.165) is 36.1 Å². The van der Waals surface area contributed by atoms with Gasteiger partial charge < -0.3 is 15.5 Å². The highest BCUT2D eigenvalue weighted by atomic mass is 32.1. The number of carbonyl (C=O) groups is 2. The van der Waals surface area contributed by atoms with Crippen LogP contribution < -0.4 is 10.6 Å². The van der Waals surface area contributed by atoms with Crippen LogP contribution in [-0.4, -0.2) is 46.4 Å². The molecule has 2 N–H and O–H groups in total. The molecular weight excluding hydrogens is 444 g/mol. The number of aromatic nitrogens is 1. The highest BCUT2D eigenvalue weighted by Crippen LogP contribution is 2.27. The summed E-state index contributed by atoms with van der Waals surface area (Å²) in [5, 5.41) is 6.48. The summed E-state index contributed by atoms with van der Waals surface area (Å²) >= 11 is 1.63. The number of amides is 2. The number of likely N-dealkylation sites (tertiary alicyclic amines) is 1. The molecule has 1 saturated heterocycles. The lowest BCUT2D eigenvalue weighted by Crippen LogP contribution is -2.47. The Hall–Kier alpha value is -2.25. The van der Waals surface area contributed by atoms with Crippen molar-refractivity contribution in [3.63, 3.8) is 0 Å². The largest absolute Gasteiger partial charge is 0.350 e. The van der Waals surface area contributed by atoms with Gasteiger partial charge >= 0.3 is 0 Å². The van der Waals surface area contributed by atoms with Gasteiger partial charge in [0, 0.05) is 24.7 Å². The molecule has 1 aromatic heterocycles. The molecule has 6 nitrogen and oxygen atoms in total. The molecule has 0 radical (unpaired) electrons. The first-order valence-electron chi connectivity index (χ1n) is 12.1. The van der Waals surface area contributed by atoms with Crippen LogP contribution in [0.4, 0.5) is 0 Å². The van der Waals surface area contributed by atoms with E-state index in [1.165, 1.54) is 4.88 Å². The fraction of sp³-hybridized carbons (Fsp3) is 0.593. The average molecular weight is 487 g/mol. The monoisotopic (exact) mass is 486 g/mol. The molecule has 1 aliphatic rings. The molecule has 0 bridgehead atoms. The molecule has 1 aliphatic heterocycles. The second-order valence-electron chi connectivity index (χ2n) is 11.2. The average Bonchev–Trinajstić information content (AvgIpc) is 3.40. The van der Waals surface area contributed by atoms with Crippen LogP contribution in [0.3, 0.4) is 0 Å². The van der Waals surface area contributed by atoms with Crippen molar-refractivity contribution in [2.45, 2.75) is 92.4 Å². The predicted octanol–water partition coefficient (Wildman–Crippen LogP) is 5.16. The number of hydrogen-bond acceptors (Lipinski definition) is 5. The van der Waals surface area contributed by atoms with Crippen molar-refractivity contribution in [1.29, 1.82) is 0 Å². The molecular formula is C27H42N4O2S. The van der Waals surface area contributed by atoms with Crippen molar-refractivity contribution in [2.24, 2.45) is 5.41 Å². The van der Waals surface area contributed by atoms with E-state index in [1.54, 1.807) is 16.2 Å². The first kappa shape index (κ1) is 28.0. The van der Waals surface area contributed by atoms with Crippen LogP contribution in [0.5, 0.6) is 0 Å². The van der Waals surface area contributed by atoms with Gasteiger partial charge in [0.05, 0.1) is 16.1 Å². The summed E-state index contributed by atoms with van der Waals surface area (Å²) in [7, 11) is 0. The van der Waals surface area contributed by atoms with E-state index in [4.69, 9.17) is 0 Å². The predicted molar refractivity (Wildman–Crippen MR) is 142 cm³/mol. The lowest BCUT2D eigenvalue weighted by Gasteiger charge is -2.34. The molecule has 1 aromatic carbocycles. The van der Waals surface area contributed by atoms with Gasteiger partial charge in [-0.2, -0.15) is 0 Å². The molecule has 0 spiro atoms. The van der Waals surface area contributed by atoms with Gasteiger partial charge in [-0.3, -0.25) is 9.59 Å². The van der Waals surface area contributed by atoms with Crippen molar-refractivity contribution >= 4 is 23.7 Å². The van der Waals surface area contributed by atoms with Crippen molar-refractivity contribution in [3.05, 3.63) is 41.0 Å². The van der Waals surface area contributed by atoms with E-state index in [1.807, 2.05) is 24.6 Å². The fourth-order valence-corrected chi connectivity index (χ4v) is 4.53. The number of benzene rings is 1. The van der Waals surface area contributed by atoms with E-state index in [0.29, 0.717) is 24.5 Å². The Labute approximate surface area is 209 Å². The summed E-state index contributed by atoms with van der Waals surface area (Å²) in [6.07, 6.45) is 2.40. The lowest BCUT2D eigenvalue weighted by molar-refractivity contribution is -0.131. The van der Waals surface area contributed by atoms with Crippen molar-refractivity contribution in [3.8, 4) is 10.4 Å². The number of aryl methyl sites for hydroxylation is 1.